The van der Waals surface area contributed by atoms with Crippen molar-refractivity contribution in [3.8, 4) is 17.0 Å². The van der Waals surface area contributed by atoms with Gasteiger partial charge in [0.2, 0.25) is 0 Å². The van der Waals surface area contributed by atoms with E-state index in [1.807, 2.05) is 0 Å². The first-order chi connectivity index (χ1) is 13.2. The molecule has 1 fully saturated rings. The Bertz CT molecular complexity index is 940. The minimum Gasteiger partial charge on any atom is -0.507 e. The van der Waals surface area contributed by atoms with Gasteiger partial charge in [0.15, 0.2) is 5.76 Å². The van der Waals surface area contributed by atoms with Crippen molar-refractivity contribution in [2.45, 2.75) is 45.1 Å². The lowest BCUT2D eigenvalue weighted by Crippen LogP contribution is -2.15. The lowest BCUT2D eigenvalue weighted by atomic mass is 9.82. The molecule has 0 aliphatic heterocycles. The van der Waals surface area contributed by atoms with Gasteiger partial charge in [0.1, 0.15) is 5.75 Å². The first kappa shape index (κ1) is 17.4. The van der Waals surface area contributed by atoms with Crippen molar-refractivity contribution < 1.29 is 14.3 Å². The Kier molecular flexibility index (Phi) is 4.71. The average Bonchev–Trinajstić information content (AvgIpc) is 3.25. The summed E-state index contributed by atoms with van der Waals surface area (Å²) < 4.78 is 7.16. The van der Waals surface area contributed by atoms with E-state index in [9.17, 15) is 9.90 Å². The number of aromatic hydroxyl groups is 1. The van der Waals surface area contributed by atoms with Crippen LogP contribution in [-0.2, 0) is 6.54 Å². The predicted octanol–water partition coefficient (Wildman–Crippen LogP) is 4.78. The highest BCUT2D eigenvalue weighted by atomic mass is 16.3. The van der Waals surface area contributed by atoms with Gasteiger partial charge >= 0.3 is 0 Å². The summed E-state index contributed by atoms with van der Waals surface area (Å²) in [6, 6.07) is 10.4. The maximum atomic E-state index is 12.1. The summed E-state index contributed by atoms with van der Waals surface area (Å²) in [4.78, 5) is 12.1. The molecule has 1 aliphatic rings. The lowest BCUT2D eigenvalue weighted by molar-refractivity contribution is 0.0996. The number of hydrogen-bond acceptors (Lipinski definition) is 4. The zero-order chi connectivity index (χ0) is 18.8. The molecule has 1 saturated carbocycles. The van der Waals surface area contributed by atoms with Crippen molar-refractivity contribution in [2.75, 3.05) is 5.32 Å². The first-order valence-corrected chi connectivity index (χ1v) is 9.41. The van der Waals surface area contributed by atoms with Gasteiger partial charge in [0, 0.05) is 35.5 Å². The Morgan fingerprint density at radius 3 is 2.81 bits per heavy atom. The molecule has 0 spiro atoms. The van der Waals surface area contributed by atoms with Crippen molar-refractivity contribution in [1.29, 1.82) is 0 Å². The summed E-state index contributed by atoms with van der Waals surface area (Å²) in [5, 5.41) is 17.9. The molecule has 0 bridgehead atoms. The summed E-state index contributed by atoms with van der Waals surface area (Å²) in [5.74, 6) is 0.536. The summed E-state index contributed by atoms with van der Waals surface area (Å²) in [6.45, 7) is 3.02. The van der Waals surface area contributed by atoms with Crippen LogP contribution in [0.3, 0.4) is 0 Å². The molecule has 6 heteroatoms. The zero-order valence-electron chi connectivity index (χ0n) is 15.3. The van der Waals surface area contributed by atoms with Gasteiger partial charge in [-0.05, 0) is 49.6 Å². The smallest absolute Gasteiger partial charge is 0.291 e. The molecule has 0 saturated heterocycles. The van der Waals surface area contributed by atoms with E-state index in [1.54, 1.807) is 24.3 Å². The molecule has 2 heterocycles. The average molecular weight is 365 g/mol. The SMILES string of the molecule is CCCn1nc(-c2ccc(NC(=O)c3ccco3)cc2O)cc1C1CCC1. The number of hydrogen-bond donors (Lipinski definition) is 2. The number of phenolic OH excluding ortho intramolecular Hbond substituents is 1. The third-order valence-corrected chi connectivity index (χ3v) is 5.05. The Hall–Kier alpha value is -3.02. The van der Waals surface area contributed by atoms with Gasteiger partial charge in [-0.2, -0.15) is 5.10 Å². The minimum absolute atomic E-state index is 0.0913. The number of benzene rings is 1. The van der Waals surface area contributed by atoms with Gasteiger partial charge in [-0.15, -0.1) is 0 Å². The molecule has 2 aromatic heterocycles. The number of furan rings is 1. The maximum Gasteiger partial charge on any atom is 0.291 e. The summed E-state index contributed by atoms with van der Waals surface area (Å²) in [7, 11) is 0. The second-order valence-electron chi connectivity index (χ2n) is 6.97. The fourth-order valence-corrected chi connectivity index (χ4v) is 3.41. The molecule has 1 aromatic carbocycles. The van der Waals surface area contributed by atoms with Crippen LogP contribution < -0.4 is 5.32 Å². The van der Waals surface area contributed by atoms with E-state index >= 15 is 0 Å². The standard InChI is InChI=1S/C21H23N3O3/c1-2-10-24-18(14-5-3-6-14)13-17(23-24)16-9-8-15(12-19(16)25)22-21(26)20-7-4-11-27-20/h4,7-9,11-14,25H,2-3,5-6,10H2,1H3,(H,22,26). The Balaban J connectivity index is 1.58. The van der Waals surface area contributed by atoms with Crippen LogP contribution in [0.5, 0.6) is 5.75 Å². The molecular weight excluding hydrogens is 342 g/mol. The molecule has 3 aromatic rings. The molecule has 27 heavy (non-hydrogen) atoms. The maximum absolute atomic E-state index is 12.1. The summed E-state index contributed by atoms with van der Waals surface area (Å²) in [5.41, 5.74) is 3.20. The van der Waals surface area contributed by atoms with Crippen LogP contribution >= 0.6 is 0 Å². The molecule has 0 radical (unpaired) electrons. The molecule has 4 rings (SSSR count). The van der Waals surface area contributed by atoms with E-state index in [2.05, 4.69) is 23.0 Å². The van der Waals surface area contributed by atoms with Crippen molar-refractivity contribution in [2.24, 2.45) is 0 Å². The second kappa shape index (κ2) is 7.31. The number of anilines is 1. The van der Waals surface area contributed by atoms with E-state index < -0.39 is 0 Å². The molecule has 140 valence electrons. The third kappa shape index (κ3) is 3.47. The van der Waals surface area contributed by atoms with Gasteiger partial charge in [-0.1, -0.05) is 13.3 Å². The number of carbonyl (C=O) groups excluding carboxylic acids is 1. The highest BCUT2D eigenvalue weighted by molar-refractivity contribution is 6.02. The number of aryl methyl sites for hydroxylation is 1. The van der Waals surface area contributed by atoms with Gasteiger partial charge in [0.05, 0.1) is 12.0 Å². The lowest BCUT2D eigenvalue weighted by Gasteiger charge is -2.25. The highest BCUT2D eigenvalue weighted by Crippen LogP contribution is 2.39. The quantitative estimate of drug-likeness (QED) is 0.659. The van der Waals surface area contributed by atoms with Gasteiger partial charge in [-0.3, -0.25) is 9.48 Å². The van der Waals surface area contributed by atoms with Crippen LogP contribution in [0.2, 0.25) is 0 Å². The van der Waals surface area contributed by atoms with Gasteiger partial charge in [-0.25, -0.2) is 0 Å². The van der Waals surface area contributed by atoms with Crippen molar-refractivity contribution >= 4 is 11.6 Å². The molecule has 1 amide bonds. The van der Waals surface area contributed by atoms with Gasteiger partial charge < -0.3 is 14.8 Å². The van der Waals surface area contributed by atoms with E-state index in [-0.39, 0.29) is 17.4 Å². The monoisotopic (exact) mass is 365 g/mol. The van der Waals surface area contributed by atoms with Gasteiger partial charge in [0.25, 0.3) is 5.91 Å². The normalized spacial score (nSPS) is 14.1. The topological polar surface area (TPSA) is 80.3 Å². The largest absolute Gasteiger partial charge is 0.507 e. The number of rotatable bonds is 6. The third-order valence-electron chi connectivity index (χ3n) is 5.05. The number of nitrogens with one attached hydrogen (secondary N) is 1. The summed E-state index contributed by atoms with van der Waals surface area (Å²) in [6.07, 6.45) is 6.15. The van der Waals surface area contributed by atoms with Crippen LogP contribution in [0.4, 0.5) is 5.69 Å². The summed E-state index contributed by atoms with van der Waals surface area (Å²) >= 11 is 0. The molecule has 0 atom stereocenters. The van der Waals surface area contributed by atoms with E-state index in [1.165, 1.54) is 37.3 Å². The van der Waals surface area contributed by atoms with Crippen LogP contribution in [0.25, 0.3) is 11.3 Å². The molecule has 6 nitrogen and oxygen atoms in total. The fraction of sp³-hybridized carbons (Fsp3) is 0.333. The van der Waals surface area contributed by atoms with E-state index in [0.29, 0.717) is 17.2 Å². The van der Waals surface area contributed by atoms with Crippen LogP contribution in [0, 0.1) is 0 Å². The molecular formula is C21H23N3O3. The number of amides is 1. The van der Waals surface area contributed by atoms with Crippen molar-refractivity contribution in [3.05, 3.63) is 54.1 Å². The highest BCUT2D eigenvalue weighted by Gasteiger charge is 2.25. The fourth-order valence-electron chi connectivity index (χ4n) is 3.41. The molecule has 0 unspecified atom stereocenters. The minimum atomic E-state index is -0.355. The number of nitrogens with zero attached hydrogens (tertiary/aromatic N) is 2. The van der Waals surface area contributed by atoms with E-state index in [0.717, 1.165) is 18.7 Å². The van der Waals surface area contributed by atoms with Crippen LogP contribution in [-0.4, -0.2) is 20.8 Å². The number of carbonyl (C=O) groups is 1. The Morgan fingerprint density at radius 2 is 2.19 bits per heavy atom. The molecule has 1 aliphatic carbocycles. The second-order valence-corrected chi connectivity index (χ2v) is 6.97. The van der Waals surface area contributed by atoms with Crippen molar-refractivity contribution in [1.82, 2.24) is 9.78 Å². The predicted molar refractivity (Wildman–Crippen MR) is 103 cm³/mol. The first-order valence-electron chi connectivity index (χ1n) is 9.41. The van der Waals surface area contributed by atoms with E-state index in [4.69, 9.17) is 9.52 Å². The molecule has 2 N–H and O–H groups in total. The van der Waals surface area contributed by atoms with Crippen LogP contribution in [0.1, 0.15) is 54.8 Å². The Morgan fingerprint density at radius 1 is 1.33 bits per heavy atom. The number of aromatic nitrogens is 2. The van der Waals surface area contributed by atoms with Crippen molar-refractivity contribution in [3.63, 3.8) is 0 Å². The number of phenols is 1. The Labute approximate surface area is 157 Å². The van der Waals surface area contributed by atoms with Crippen LogP contribution in [0.15, 0.2) is 47.1 Å². The zero-order valence-corrected chi connectivity index (χ0v) is 15.3.